The summed E-state index contributed by atoms with van der Waals surface area (Å²) in [5, 5.41) is 8.75. The number of nitrogens with zero attached hydrogens (tertiary/aromatic N) is 1. The number of carboxylic acids is 1. The number of hydrogen-bond donors (Lipinski definition) is 1. The first-order valence-electron chi connectivity index (χ1n) is 12.7. The van der Waals surface area contributed by atoms with Crippen LogP contribution < -0.4 is 4.74 Å². The van der Waals surface area contributed by atoms with Gasteiger partial charge in [0.1, 0.15) is 5.75 Å². The van der Waals surface area contributed by atoms with Crippen LogP contribution in [0.3, 0.4) is 0 Å². The van der Waals surface area contributed by atoms with Crippen molar-refractivity contribution in [2.45, 2.75) is 57.3 Å². The van der Waals surface area contributed by atoms with Gasteiger partial charge < -0.3 is 14.7 Å². The first-order chi connectivity index (χ1) is 18.2. The molecule has 0 radical (unpaired) electrons. The van der Waals surface area contributed by atoms with Crippen molar-refractivity contribution in [3.8, 4) is 16.9 Å². The van der Waals surface area contributed by atoms with Crippen LogP contribution in [0.5, 0.6) is 5.75 Å². The number of carbonyl (C=O) groups excluding carboxylic acids is 1. The number of ether oxygens (including phenoxy) is 1. The van der Waals surface area contributed by atoms with E-state index in [0.29, 0.717) is 42.0 Å². The predicted molar refractivity (Wildman–Crippen MR) is 138 cm³/mol. The van der Waals surface area contributed by atoms with Gasteiger partial charge in [0.25, 0.3) is 5.91 Å². The van der Waals surface area contributed by atoms with Crippen LogP contribution in [0.4, 0.5) is 13.2 Å². The van der Waals surface area contributed by atoms with Crippen LogP contribution >= 0.6 is 0 Å². The summed E-state index contributed by atoms with van der Waals surface area (Å²) in [6.45, 7) is 0.846. The molecule has 1 fully saturated rings. The second-order valence-electron chi connectivity index (χ2n) is 9.48. The Hall–Kier alpha value is -3.81. The van der Waals surface area contributed by atoms with Gasteiger partial charge in [0.05, 0.1) is 12.2 Å². The van der Waals surface area contributed by atoms with Crippen molar-refractivity contribution in [3.63, 3.8) is 0 Å². The van der Waals surface area contributed by atoms with Crippen LogP contribution in [0.15, 0.2) is 72.8 Å². The number of carboxylic acid groups (broad SMARTS) is 1. The maximum absolute atomic E-state index is 13.5. The number of para-hydroxylation sites is 1. The average molecular weight is 526 g/mol. The lowest BCUT2D eigenvalue weighted by Gasteiger charge is -2.24. The summed E-state index contributed by atoms with van der Waals surface area (Å²) < 4.78 is 45.3. The van der Waals surface area contributed by atoms with E-state index in [1.807, 2.05) is 29.2 Å². The molecule has 0 bridgehead atoms. The largest absolute Gasteiger partial charge is 0.493 e. The fourth-order valence-corrected chi connectivity index (χ4v) is 4.30. The maximum Gasteiger partial charge on any atom is 0.416 e. The van der Waals surface area contributed by atoms with Gasteiger partial charge in [-0.1, -0.05) is 42.5 Å². The molecule has 0 unspecified atom stereocenters. The normalized spacial score (nSPS) is 13.2. The standard InChI is InChI=1S/C30H30F3NO4/c31-30(32,33)25-9-6-8-23(19-25)21-12-14-22(15-13-21)29(37)34(26-16-17-26)20-24-7-3-4-10-27(24)38-18-5-1-2-11-28(35)36/h3-4,6-10,12-15,19,26H,1-2,5,11,16-18,20H2,(H,35,36). The van der Waals surface area contributed by atoms with E-state index in [1.54, 1.807) is 30.3 Å². The number of amides is 1. The van der Waals surface area contributed by atoms with Gasteiger partial charge in [-0.25, -0.2) is 0 Å². The van der Waals surface area contributed by atoms with Gasteiger partial charge in [-0.15, -0.1) is 0 Å². The van der Waals surface area contributed by atoms with Gasteiger partial charge in [-0.05, 0) is 73.6 Å². The SMILES string of the molecule is O=C(O)CCCCCOc1ccccc1CN(C(=O)c1ccc(-c2cccc(C(F)(F)F)c2)cc1)C1CC1. The minimum atomic E-state index is -4.42. The smallest absolute Gasteiger partial charge is 0.416 e. The Labute approximate surface area is 219 Å². The van der Waals surface area contributed by atoms with Gasteiger partial charge in [0.15, 0.2) is 0 Å². The first kappa shape index (κ1) is 27.2. The molecule has 4 rings (SSSR count). The van der Waals surface area contributed by atoms with Crippen LogP contribution in [0, 0.1) is 0 Å². The molecule has 0 heterocycles. The second kappa shape index (κ2) is 12.2. The molecule has 0 atom stereocenters. The lowest BCUT2D eigenvalue weighted by atomic mass is 10.0. The molecule has 1 amide bonds. The molecule has 0 spiro atoms. The molecule has 3 aromatic carbocycles. The minimum Gasteiger partial charge on any atom is -0.493 e. The number of carbonyl (C=O) groups is 2. The van der Waals surface area contributed by atoms with Gasteiger partial charge in [0.2, 0.25) is 0 Å². The summed E-state index contributed by atoms with van der Waals surface area (Å²) in [4.78, 5) is 25.9. The third-order valence-electron chi connectivity index (χ3n) is 6.51. The molecule has 0 aromatic heterocycles. The van der Waals surface area contributed by atoms with Crippen molar-refractivity contribution in [2.75, 3.05) is 6.61 Å². The lowest BCUT2D eigenvalue weighted by Crippen LogP contribution is -2.32. The summed E-state index contributed by atoms with van der Waals surface area (Å²) in [6.07, 6.45) is -0.325. The van der Waals surface area contributed by atoms with E-state index in [9.17, 15) is 22.8 Å². The maximum atomic E-state index is 13.5. The molecule has 1 N–H and O–H groups in total. The van der Waals surface area contributed by atoms with Crippen LogP contribution in [0.2, 0.25) is 0 Å². The van der Waals surface area contributed by atoms with Gasteiger partial charge in [-0.2, -0.15) is 13.2 Å². The lowest BCUT2D eigenvalue weighted by molar-refractivity contribution is -0.138. The van der Waals surface area contributed by atoms with E-state index in [-0.39, 0.29) is 18.4 Å². The number of unbranched alkanes of at least 4 members (excludes halogenated alkanes) is 2. The van der Waals surface area contributed by atoms with Crippen LogP contribution in [0.25, 0.3) is 11.1 Å². The number of rotatable bonds is 12. The Morgan fingerprint density at radius 3 is 2.32 bits per heavy atom. The van der Waals surface area contributed by atoms with E-state index >= 15 is 0 Å². The molecule has 5 nitrogen and oxygen atoms in total. The predicted octanol–water partition coefficient (Wildman–Crippen LogP) is 7.20. The van der Waals surface area contributed by atoms with Gasteiger partial charge in [0, 0.05) is 30.1 Å². The quantitative estimate of drug-likeness (QED) is 0.254. The highest BCUT2D eigenvalue weighted by molar-refractivity contribution is 5.95. The van der Waals surface area contributed by atoms with Crippen LogP contribution in [0.1, 0.15) is 60.0 Å². The molecular formula is C30H30F3NO4. The molecular weight excluding hydrogens is 495 g/mol. The molecule has 0 aliphatic heterocycles. The highest BCUT2D eigenvalue weighted by Gasteiger charge is 2.34. The minimum absolute atomic E-state index is 0.133. The molecule has 1 aliphatic rings. The topological polar surface area (TPSA) is 66.8 Å². The Morgan fingerprint density at radius 2 is 1.63 bits per heavy atom. The molecule has 1 saturated carbocycles. The molecule has 38 heavy (non-hydrogen) atoms. The third kappa shape index (κ3) is 7.37. The first-order valence-corrected chi connectivity index (χ1v) is 12.7. The summed E-state index contributed by atoms with van der Waals surface area (Å²) in [5.41, 5.74) is 1.69. The zero-order valence-corrected chi connectivity index (χ0v) is 20.9. The number of aliphatic carboxylic acids is 1. The van der Waals surface area contributed by atoms with E-state index in [4.69, 9.17) is 9.84 Å². The zero-order valence-electron chi connectivity index (χ0n) is 20.9. The molecule has 8 heteroatoms. The van der Waals surface area contributed by atoms with E-state index in [0.717, 1.165) is 43.4 Å². The molecule has 0 saturated heterocycles. The number of benzene rings is 3. The van der Waals surface area contributed by atoms with Crippen molar-refractivity contribution in [1.82, 2.24) is 4.90 Å². The number of alkyl halides is 3. The van der Waals surface area contributed by atoms with Crippen molar-refractivity contribution in [2.24, 2.45) is 0 Å². The van der Waals surface area contributed by atoms with Gasteiger partial charge >= 0.3 is 12.1 Å². The molecule has 200 valence electrons. The van der Waals surface area contributed by atoms with Gasteiger partial charge in [-0.3, -0.25) is 9.59 Å². The Kier molecular flexibility index (Phi) is 8.71. The van der Waals surface area contributed by atoms with E-state index in [1.165, 1.54) is 6.07 Å². The fourth-order valence-electron chi connectivity index (χ4n) is 4.30. The van der Waals surface area contributed by atoms with E-state index in [2.05, 4.69) is 0 Å². The average Bonchev–Trinajstić information content (AvgIpc) is 3.74. The highest BCUT2D eigenvalue weighted by Crippen LogP contribution is 2.34. The number of halogens is 3. The van der Waals surface area contributed by atoms with E-state index < -0.39 is 17.7 Å². The second-order valence-corrected chi connectivity index (χ2v) is 9.48. The zero-order chi connectivity index (χ0) is 27.1. The number of hydrogen-bond acceptors (Lipinski definition) is 3. The Balaban J connectivity index is 1.42. The van der Waals surface area contributed by atoms with Crippen LogP contribution in [-0.4, -0.2) is 34.5 Å². The van der Waals surface area contributed by atoms with Crippen molar-refractivity contribution in [1.29, 1.82) is 0 Å². The third-order valence-corrected chi connectivity index (χ3v) is 6.51. The Morgan fingerprint density at radius 1 is 0.895 bits per heavy atom. The highest BCUT2D eigenvalue weighted by atomic mass is 19.4. The summed E-state index contributed by atoms with van der Waals surface area (Å²) in [7, 11) is 0. The van der Waals surface area contributed by atoms with Crippen molar-refractivity contribution >= 4 is 11.9 Å². The van der Waals surface area contributed by atoms with Crippen molar-refractivity contribution < 1.29 is 32.6 Å². The summed E-state index contributed by atoms with van der Waals surface area (Å²) in [6, 6.07) is 19.5. The van der Waals surface area contributed by atoms with Crippen molar-refractivity contribution in [3.05, 3.63) is 89.5 Å². The fraction of sp³-hybridized carbons (Fsp3) is 0.333. The molecule has 1 aliphatic carbocycles. The summed E-state index contributed by atoms with van der Waals surface area (Å²) in [5.74, 6) is -0.234. The monoisotopic (exact) mass is 525 g/mol. The Bertz CT molecular complexity index is 1250. The summed E-state index contributed by atoms with van der Waals surface area (Å²) >= 11 is 0. The molecule has 3 aromatic rings. The van der Waals surface area contributed by atoms with Crippen LogP contribution in [-0.2, 0) is 17.5 Å².